The first-order valence-electron chi connectivity index (χ1n) is 5.38. The van der Waals surface area contributed by atoms with Crippen LogP contribution in [0.4, 0.5) is 0 Å². The Labute approximate surface area is 91.8 Å². The maximum Gasteiger partial charge on any atom is 0.239 e. The third-order valence-electron chi connectivity index (χ3n) is 2.29. The zero-order valence-electron chi connectivity index (χ0n) is 9.82. The summed E-state index contributed by atoms with van der Waals surface area (Å²) in [5.74, 6) is -0.564. The minimum atomic E-state index is -0.494. The van der Waals surface area contributed by atoms with Gasteiger partial charge in [-0.1, -0.05) is 13.3 Å². The number of carbonyl (C=O) groups excluding carboxylic acids is 1. The third-order valence-corrected chi connectivity index (χ3v) is 2.29. The molecule has 0 radical (unpaired) electrons. The zero-order chi connectivity index (χ0) is 11.7. The Morgan fingerprint density at radius 3 is 2.60 bits per heavy atom. The molecule has 0 aromatic carbocycles. The Bertz CT molecular complexity index is 223. The van der Waals surface area contributed by atoms with E-state index >= 15 is 0 Å². The van der Waals surface area contributed by atoms with Crippen LogP contribution in [0.3, 0.4) is 0 Å². The van der Waals surface area contributed by atoms with Gasteiger partial charge in [-0.2, -0.15) is 5.26 Å². The van der Waals surface area contributed by atoms with E-state index in [-0.39, 0.29) is 5.91 Å². The molecule has 4 nitrogen and oxygen atoms in total. The minimum absolute atomic E-state index is 0.0705. The van der Waals surface area contributed by atoms with Crippen molar-refractivity contribution in [3.63, 3.8) is 0 Å². The van der Waals surface area contributed by atoms with Crippen LogP contribution in [0, 0.1) is 17.2 Å². The number of nitrogens with zero attached hydrogens (tertiary/aromatic N) is 2. The van der Waals surface area contributed by atoms with Gasteiger partial charge in [0, 0.05) is 20.2 Å². The van der Waals surface area contributed by atoms with Gasteiger partial charge in [-0.3, -0.25) is 4.79 Å². The Kier molecular flexibility index (Phi) is 7.65. The molecular weight excluding hydrogens is 192 g/mol. The maximum atomic E-state index is 11.8. The molecule has 0 saturated carbocycles. The lowest BCUT2D eigenvalue weighted by Gasteiger charge is -2.22. The lowest BCUT2D eigenvalue weighted by atomic mass is 10.0. The largest absolute Gasteiger partial charge is 0.383 e. The Morgan fingerprint density at radius 2 is 2.20 bits per heavy atom. The van der Waals surface area contributed by atoms with E-state index in [9.17, 15) is 4.79 Å². The molecule has 1 atom stereocenters. The molecule has 0 aliphatic rings. The normalized spacial score (nSPS) is 11.9. The van der Waals surface area contributed by atoms with Crippen LogP contribution >= 0.6 is 0 Å². The van der Waals surface area contributed by atoms with Gasteiger partial charge < -0.3 is 9.64 Å². The Balaban J connectivity index is 4.28. The highest BCUT2D eigenvalue weighted by Crippen LogP contribution is 2.09. The van der Waals surface area contributed by atoms with Crippen LogP contribution in [0.1, 0.15) is 26.7 Å². The molecule has 0 rings (SSSR count). The van der Waals surface area contributed by atoms with Gasteiger partial charge >= 0.3 is 0 Å². The number of ether oxygens (including phenoxy) is 1. The molecule has 0 heterocycles. The second-order valence-electron chi connectivity index (χ2n) is 3.38. The van der Waals surface area contributed by atoms with Crippen molar-refractivity contribution >= 4 is 5.91 Å². The molecular formula is C11H20N2O2. The standard InChI is InChI=1S/C11H20N2O2/c1-4-6-10(9-12)11(14)13(5-2)7-8-15-3/h10H,4-8H2,1-3H3. The van der Waals surface area contributed by atoms with Crippen molar-refractivity contribution in [2.45, 2.75) is 26.7 Å². The second kappa shape index (κ2) is 8.25. The fourth-order valence-corrected chi connectivity index (χ4v) is 1.38. The van der Waals surface area contributed by atoms with Gasteiger partial charge in [0.05, 0.1) is 12.7 Å². The summed E-state index contributed by atoms with van der Waals surface area (Å²) in [5, 5.41) is 8.87. The number of nitriles is 1. The predicted octanol–water partition coefficient (Wildman–Crippen LogP) is 1.42. The van der Waals surface area contributed by atoms with Crippen LogP contribution in [0.25, 0.3) is 0 Å². The van der Waals surface area contributed by atoms with Gasteiger partial charge in [-0.15, -0.1) is 0 Å². The summed E-state index contributed by atoms with van der Waals surface area (Å²) in [5.41, 5.74) is 0. The van der Waals surface area contributed by atoms with E-state index in [1.165, 1.54) is 0 Å². The quantitative estimate of drug-likeness (QED) is 0.641. The number of rotatable bonds is 7. The highest BCUT2D eigenvalue weighted by molar-refractivity contribution is 5.81. The van der Waals surface area contributed by atoms with E-state index in [1.54, 1.807) is 12.0 Å². The summed E-state index contributed by atoms with van der Waals surface area (Å²) >= 11 is 0. The van der Waals surface area contributed by atoms with Crippen LogP contribution in [-0.2, 0) is 9.53 Å². The molecule has 0 aliphatic heterocycles. The molecule has 0 bridgehead atoms. The average Bonchev–Trinajstić information content (AvgIpc) is 2.26. The summed E-state index contributed by atoms with van der Waals surface area (Å²) in [4.78, 5) is 13.5. The number of carbonyl (C=O) groups is 1. The molecule has 1 unspecified atom stereocenters. The zero-order valence-corrected chi connectivity index (χ0v) is 9.82. The van der Waals surface area contributed by atoms with Gasteiger partial charge in [0.2, 0.25) is 5.91 Å². The Morgan fingerprint density at radius 1 is 1.53 bits per heavy atom. The molecule has 1 amide bonds. The van der Waals surface area contributed by atoms with Crippen molar-refractivity contribution in [3.8, 4) is 6.07 Å². The van der Waals surface area contributed by atoms with Crippen molar-refractivity contribution in [2.75, 3.05) is 26.8 Å². The first-order chi connectivity index (χ1) is 7.21. The maximum absolute atomic E-state index is 11.8. The molecule has 15 heavy (non-hydrogen) atoms. The summed E-state index contributed by atoms with van der Waals surface area (Å²) in [6.07, 6.45) is 1.49. The summed E-state index contributed by atoms with van der Waals surface area (Å²) in [6, 6.07) is 2.06. The highest BCUT2D eigenvalue weighted by Gasteiger charge is 2.21. The molecule has 0 aromatic rings. The van der Waals surface area contributed by atoms with Crippen LogP contribution < -0.4 is 0 Å². The summed E-state index contributed by atoms with van der Waals surface area (Å²) in [7, 11) is 1.60. The van der Waals surface area contributed by atoms with Crippen molar-refractivity contribution in [3.05, 3.63) is 0 Å². The molecule has 86 valence electrons. The van der Waals surface area contributed by atoms with Crippen LogP contribution in [0.2, 0.25) is 0 Å². The molecule has 0 aliphatic carbocycles. The van der Waals surface area contributed by atoms with Gasteiger partial charge in [-0.25, -0.2) is 0 Å². The first-order valence-corrected chi connectivity index (χ1v) is 5.38. The van der Waals surface area contributed by atoms with Crippen molar-refractivity contribution in [2.24, 2.45) is 5.92 Å². The fraction of sp³-hybridized carbons (Fsp3) is 0.818. The topological polar surface area (TPSA) is 53.3 Å². The molecule has 0 aromatic heterocycles. The fourth-order valence-electron chi connectivity index (χ4n) is 1.38. The molecule has 0 spiro atoms. The van der Waals surface area contributed by atoms with E-state index in [2.05, 4.69) is 6.07 Å². The summed E-state index contributed by atoms with van der Waals surface area (Å²) < 4.78 is 4.92. The third kappa shape index (κ3) is 4.80. The van der Waals surface area contributed by atoms with Crippen molar-refractivity contribution in [1.29, 1.82) is 5.26 Å². The van der Waals surface area contributed by atoms with E-state index in [4.69, 9.17) is 10.00 Å². The summed E-state index contributed by atoms with van der Waals surface area (Å²) in [6.45, 7) is 5.60. The number of amides is 1. The number of hydrogen-bond acceptors (Lipinski definition) is 3. The van der Waals surface area contributed by atoms with Crippen molar-refractivity contribution < 1.29 is 9.53 Å². The second-order valence-corrected chi connectivity index (χ2v) is 3.38. The molecule has 0 fully saturated rings. The lowest BCUT2D eigenvalue weighted by molar-refractivity contribution is -0.134. The molecule has 4 heteroatoms. The van der Waals surface area contributed by atoms with Crippen molar-refractivity contribution in [1.82, 2.24) is 4.90 Å². The number of hydrogen-bond donors (Lipinski definition) is 0. The minimum Gasteiger partial charge on any atom is -0.383 e. The average molecular weight is 212 g/mol. The van der Waals surface area contributed by atoms with Gasteiger partial charge in [-0.05, 0) is 13.3 Å². The highest BCUT2D eigenvalue weighted by atomic mass is 16.5. The Hall–Kier alpha value is -1.08. The van der Waals surface area contributed by atoms with E-state index in [0.29, 0.717) is 26.1 Å². The SMILES string of the molecule is CCCC(C#N)C(=O)N(CC)CCOC. The number of likely N-dealkylation sites (N-methyl/N-ethyl adjacent to an activating group) is 1. The van der Waals surface area contributed by atoms with E-state index < -0.39 is 5.92 Å². The first kappa shape index (κ1) is 13.9. The van der Waals surface area contributed by atoms with Gasteiger partial charge in [0.25, 0.3) is 0 Å². The van der Waals surface area contributed by atoms with Crippen LogP contribution in [0.15, 0.2) is 0 Å². The van der Waals surface area contributed by atoms with Gasteiger partial charge in [0.15, 0.2) is 0 Å². The lowest BCUT2D eigenvalue weighted by Crippen LogP contribution is -2.37. The predicted molar refractivity (Wildman–Crippen MR) is 58.1 cm³/mol. The van der Waals surface area contributed by atoms with E-state index in [1.807, 2.05) is 13.8 Å². The van der Waals surface area contributed by atoms with Gasteiger partial charge in [0.1, 0.15) is 5.92 Å². The molecule has 0 N–H and O–H groups in total. The van der Waals surface area contributed by atoms with Crippen LogP contribution in [-0.4, -0.2) is 37.6 Å². The molecule has 0 saturated heterocycles. The monoisotopic (exact) mass is 212 g/mol. The van der Waals surface area contributed by atoms with Crippen LogP contribution in [0.5, 0.6) is 0 Å². The number of methoxy groups -OCH3 is 1. The van der Waals surface area contributed by atoms with E-state index in [0.717, 1.165) is 6.42 Å². The smallest absolute Gasteiger partial charge is 0.239 e.